The lowest BCUT2D eigenvalue weighted by atomic mass is 10.2. The molecule has 0 bridgehead atoms. The molecule has 66 valence electrons. The van der Waals surface area contributed by atoms with Crippen molar-refractivity contribution in [3.8, 4) is 5.75 Å². The Hall–Kier alpha value is -1.09. The second-order valence-corrected chi connectivity index (χ2v) is 2.68. The van der Waals surface area contributed by atoms with Crippen LogP contribution >= 0.6 is 0 Å². The predicted octanol–water partition coefficient (Wildman–Crippen LogP) is 0.900. The lowest BCUT2D eigenvalue weighted by Crippen LogP contribution is -2.05. The van der Waals surface area contributed by atoms with Gasteiger partial charge in [0.25, 0.3) is 0 Å². The van der Waals surface area contributed by atoms with Gasteiger partial charge in [-0.2, -0.15) is 0 Å². The van der Waals surface area contributed by atoms with Crippen LogP contribution in [0, 0.1) is 6.92 Å². The van der Waals surface area contributed by atoms with Crippen molar-refractivity contribution >= 4 is 0 Å². The summed E-state index contributed by atoms with van der Waals surface area (Å²) in [7, 11) is 1.65. The summed E-state index contributed by atoms with van der Waals surface area (Å²) in [6.07, 6.45) is 0.804. The molecular weight excluding hydrogens is 152 g/mol. The number of aromatic nitrogens is 1. The molecule has 0 saturated carbocycles. The number of nitrogens with two attached hydrogens (primary N) is 1. The zero-order valence-electron chi connectivity index (χ0n) is 7.50. The molecule has 1 aromatic heterocycles. The minimum atomic E-state index is 0.625. The average Bonchev–Trinajstić information content (AvgIpc) is 2.04. The molecular formula is C9H14N2O. The maximum Gasteiger partial charge on any atom is 0.122 e. The molecule has 0 spiro atoms. The van der Waals surface area contributed by atoms with Gasteiger partial charge in [0.15, 0.2) is 0 Å². The van der Waals surface area contributed by atoms with Crippen LogP contribution in [-0.2, 0) is 6.42 Å². The zero-order valence-corrected chi connectivity index (χ0v) is 7.50. The molecule has 3 heteroatoms. The van der Waals surface area contributed by atoms with Gasteiger partial charge in [-0.25, -0.2) is 0 Å². The van der Waals surface area contributed by atoms with E-state index in [1.54, 1.807) is 7.11 Å². The number of methoxy groups -OCH3 is 1. The smallest absolute Gasteiger partial charge is 0.122 e. The van der Waals surface area contributed by atoms with Gasteiger partial charge in [-0.3, -0.25) is 4.98 Å². The zero-order chi connectivity index (χ0) is 8.97. The summed E-state index contributed by atoms with van der Waals surface area (Å²) in [5.41, 5.74) is 7.39. The Kier molecular flexibility index (Phi) is 3.05. The highest BCUT2D eigenvalue weighted by molar-refractivity contribution is 5.26. The Morgan fingerprint density at radius 1 is 1.50 bits per heavy atom. The molecule has 0 saturated heterocycles. The highest BCUT2D eigenvalue weighted by Crippen LogP contribution is 2.12. The Bertz CT molecular complexity index is 261. The second kappa shape index (κ2) is 4.07. The molecule has 0 radical (unpaired) electrons. The van der Waals surface area contributed by atoms with Crippen LogP contribution in [0.3, 0.4) is 0 Å². The van der Waals surface area contributed by atoms with E-state index in [2.05, 4.69) is 4.98 Å². The number of pyridine rings is 1. The van der Waals surface area contributed by atoms with Gasteiger partial charge in [-0.15, -0.1) is 0 Å². The molecule has 0 amide bonds. The van der Waals surface area contributed by atoms with Crippen LogP contribution in [0.4, 0.5) is 0 Å². The van der Waals surface area contributed by atoms with Crippen LogP contribution in [-0.4, -0.2) is 18.6 Å². The summed E-state index contributed by atoms with van der Waals surface area (Å²) < 4.78 is 5.10. The van der Waals surface area contributed by atoms with Crippen molar-refractivity contribution in [1.29, 1.82) is 0 Å². The van der Waals surface area contributed by atoms with E-state index in [0.717, 1.165) is 23.6 Å². The van der Waals surface area contributed by atoms with Gasteiger partial charge < -0.3 is 10.5 Å². The van der Waals surface area contributed by atoms with E-state index in [0.29, 0.717) is 6.54 Å². The van der Waals surface area contributed by atoms with Gasteiger partial charge in [-0.05, 0) is 13.5 Å². The van der Waals surface area contributed by atoms with Crippen molar-refractivity contribution in [2.24, 2.45) is 5.73 Å². The van der Waals surface area contributed by atoms with Gasteiger partial charge in [-0.1, -0.05) is 0 Å². The molecule has 0 atom stereocenters. The van der Waals surface area contributed by atoms with E-state index in [4.69, 9.17) is 10.5 Å². The van der Waals surface area contributed by atoms with Crippen LogP contribution < -0.4 is 10.5 Å². The number of hydrogen-bond donors (Lipinski definition) is 1. The van der Waals surface area contributed by atoms with Crippen LogP contribution in [0.1, 0.15) is 11.4 Å². The highest BCUT2D eigenvalue weighted by atomic mass is 16.5. The highest BCUT2D eigenvalue weighted by Gasteiger charge is 1.98. The third-order valence-corrected chi connectivity index (χ3v) is 1.62. The molecule has 0 fully saturated rings. The normalized spacial score (nSPS) is 9.92. The van der Waals surface area contributed by atoms with Crippen molar-refractivity contribution in [3.05, 3.63) is 23.5 Å². The maximum atomic E-state index is 5.42. The van der Waals surface area contributed by atoms with Gasteiger partial charge >= 0.3 is 0 Å². The first-order valence-electron chi connectivity index (χ1n) is 3.98. The largest absolute Gasteiger partial charge is 0.497 e. The van der Waals surface area contributed by atoms with Crippen LogP contribution in [0.5, 0.6) is 5.75 Å². The molecule has 1 aromatic rings. The van der Waals surface area contributed by atoms with Gasteiger partial charge in [0.2, 0.25) is 0 Å². The van der Waals surface area contributed by atoms with E-state index in [9.17, 15) is 0 Å². The number of hydrogen-bond acceptors (Lipinski definition) is 3. The minimum Gasteiger partial charge on any atom is -0.497 e. The molecule has 3 nitrogen and oxygen atoms in total. The van der Waals surface area contributed by atoms with Crippen molar-refractivity contribution in [2.75, 3.05) is 13.7 Å². The number of aryl methyl sites for hydroxylation is 1. The SMILES string of the molecule is COc1cc(C)nc(CCN)c1. The molecule has 0 aromatic carbocycles. The third-order valence-electron chi connectivity index (χ3n) is 1.62. The minimum absolute atomic E-state index is 0.625. The molecule has 0 aliphatic heterocycles. The first kappa shape index (κ1) is 9.00. The van der Waals surface area contributed by atoms with Gasteiger partial charge in [0, 0.05) is 29.9 Å². The molecule has 12 heavy (non-hydrogen) atoms. The average molecular weight is 166 g/mol. The third kappa shape index (κ3) is 2.20. The Morgan fingerprint density at radius 2 is 2.25 bits per heavy atom. The Morgan fingerprint density at radius 3 is 2.83 bits per heavy atom. The van der Waals surface area contributed by atoms with Crippen molar-refractivity contribution in [3.63, 3.8) is 0 Å². The van der Waals surface area contributed by atoms with E-state index >= 15 is 0 Å². The summed E-state index contributed by atoms with van der Waals surface area (Å²) in [5.74, 6) is 0.853. The second-order valence-electron chi connectivity index (χ2n) is 2.68. The summed E-state index contributed by atoms with van der Waals surface area (Å²) in [6, 6.07) is 3.82. The van der Waals surface area contributed by atoms with Crippen molar-refractivity contribution in [2.45, 2.75) is 13.3 Å². The maximum absolute atomic E-state index is 5.42. The van der Waals surface area contributed by atoms with Gasteiger partial charge in [0.05, 0.1) is 7.11 Å². The van der Waals surface area contributed by atoms with Crippen LogP contribution in [0.15, 0.2) is 12.1 Å². The van der Waals surface area contributed by atoms with Crippen molar-refractivity contribution < 1.29 is 4.74 Å². The van der Waals surface area contributed by atoms with E-state index in [-0.39, 0.29) is 0 Å². The fourth-order valence-corrected chi connectivity index (χ4v) is 1.10. The van der Waals surface area contributed by atoms with Gasteiger partial charge in [0.1, 0.15) is 5.75 Å². The summed E-state index contributed by atoms with van der Waals surface area (Å²) in [4.78, 5) is 4.31. The van der Waals surface area contributed by atoms with Crippen molar-refractivity contribution in [1.82, 2.24) is 4.98 Å². The fraction of sp³-hybridized carbons (Fsp3) is 0.444. The quantitative estimate of drug-likeness (QED) is 0.725. The topological polar surface area (TPSA) is 48.1 Å². The molecule has 2 N–H and O–H groups in total. The molecule has 0 aliphatic rings. The predicted molar refractivity (Wildman–Crippen MR) is 48.3 cm³/mol. The monoisotopic (exact) mass is 166 g/mol. The number of ether oxygens (including phenoxy) is 1. The lowest BCUT2D eigenvalue weighted by Gasteiger charge is -2.04. The Labute approximate surface area is 72.6 Å². The number of rotatable bonds is 3. The first-order valence-corrected chi connectivity index (χ1v) is 3.98. The van der Waals surface area contributed by atoms with Crippen LogP contribution in [0.25, 0.3) is 0 Å². The van der Waals surface area contributed by atoms with E-state index in [1.165, 1.54) is 0 Å². The molecule has 1 rings (SSSR count). The molecule has 0 aliphatic carbocycles. The first-order chi connectivity index (χ1) is 5.76. The Balaban J connectivity index is 2.90. The lowest BCUT2D eigenvalue weighted by molar-refractivity contribution is 0.413. The molecule has 1 heterocycles. The van der Waals surface area contributed by atoms with E-state index < -0.39 is 0 Å². The van der Waals surface area contributed by atoms with E-state index in [1.807, 2.05) is 19.1 Å². The standard InChI is InChI=1S/C9H14N2O/c1-7-5-9(12-2)6-8(11-7)3-4-10/h5-6H,3-4,10H2,1-2H3. The summed E-state index contributed by atoms with van der Waals surface area (Å²) >= 11 is 0. The summed E-state index contributed by atoms with van der Waals surface area (Å²) in [6.45, 7) is 2.57. The van der Waals surface area contributed by atoms with Crippen LogP contribution in [0.2, 0.25) is 0 Å². The summed E-state index contributed by atoms with van der Waals surface area (Å²) in [5, 5.41) is 0. The fourth-order valence-electron chi connectivity index (χ4n) is 1.10. The number of nitrogens with zero attached hydrogens (tertiary/aromatic N) is 1. The molecule has 0 unspecified atom stereocenters.